The number of hydrazone groups is 1. The summed E-state index contributed by atoms with van der Waals surface area (Å²) in [6.07, 6.45) is 6.39. The van der Waals surface area contributed by atoms with Crippen LogP contribution in [0, 0.1) is 23.2 Å². The summed E-state index contributed by atoms with van der Waals surface area (Å²) < 4.78 is 10.9. The van der Waals surface area contributed by atoms with Gasteiger partial charge in [-0.2, -0.15) is 10.4 Å². The maximum atomic E-state index is 13.3. The second kappa shape index (κ2) is 13.0. The molecule has 1 aliphatic heterocycles. The molecule has 10 heteroatoms. The van der Waals surface area contributed by atoms with E-state index in [9.17, 15) is 15.2 Å². The average molecular weight is 552 g/mol. The third-order valence-electron chi connectivity index (χ3n) is 7.23. The highest BCUT2D eigenvalue weighted by Crippen LogP contribution is 2.37. The minimum atomic E-state index is -0.830. The number of benzene rings is 2. The maximum absolute atomic E-state index is 13.3. The lowest BCUT2D eigenvalue weighted by Gasteiger charge is -2.37. The predicted octanol–water partition coefficient (Wildman–Crippen LogP) is 4.04. The maximum Gasteiger partial charge on any atom is 0.246 e. The highest BCUT2D eigenvalue weighted by molar-refractivity contribution is 6.33. The van der Waals surface area contributed by atoms with Crippen molar-refractivity contribution in [1.29, 1.82) is 5.26 Å². The van der Waals surface area contributed by atoms with E-state index in [4.69, 9.17) is 31.9 Å². The molecule has 4 N–H and O–H groups in total. The first-order chi connectivity index (χ1) is 18.9. The third kappa shape index (κ3) is 6.36. The van der Waals surface area contributed by atoms with E-state index in [2.05, 4.69) is 17.5 Å². The number of anilines is 1. The molecule has 2 aromatic rings. The molecule has 0 radical (unpaired) electrons. The largest absolute Gasteiger partial charge is 0.493 e. The summed E-state index contributed by atoms with van der Waals surface area (Å²) in [6, 6.07) is 10.9. The van der Waals surface area contributed by atoms with Crippen LogP contribution in [0.5, 0.6) is 11.5 Å². The fourth-order valence-electron chi connectivity index (χ4n) is 5.05. The minimum absolute atomic E-state index is 0.0309. The van der Waals surface area contributed by atoms with Crippen molar-refractivity contribution in [1.82, 2.24) is 10.3 Å². The van der Waals surface area contributed by atoms with Crippen molar-refractivity contribution >= 4 is 28.9 Å². The number of fused-ring (bicyclic) bond motifs is 1. The molecule has 1 aliphatic carbocycles. The van der Waals surface area contributed by atoms with Gasteiger partial charge < -0.3 is 25.6 Å². The molecule has 0 saturated carbocycles. The molecule has 0 bridgehead atoms. The number of hydrogen-bond donors (Lipinski definition) is 3. The topological polar surface area (TPSA) is 133 Å². The van der Waals surface area contributed by atoms with Gasteiger partial charge in [-0.15, -0.1) is 0 Å². The van der Waals surface area contributed by atoms with Crippen molar-refractivity contribution in [2.45, 2.75) is 31.8 Å². The van der Waals surface area contributed by atoms with Crippen LogP contribution in [-0.2, 0) is 4.79 Å². The van der Waals surface area contributed by atoms with Crippen molar-refractivity contribution in [3.8, 4) is 17.6 Å². The summed E-state index contributed by atoms with van der Waals surface area (Å²) in [6.45, 7) is 1.45. The van der Waals surface area contributed by atoms with Crippen LogP contribution < -0.4 is 20.5 Å². The number of nitriles is 1. The van der Waals surface area contributed by atoms with Gasteiger partial charge in [-0.25, -0.2) is 5.01 Å². The Labute approximate surface area is 233 Å². The third-order valence-corrected chi connectivity index (χ3v) is 7.54. The normalized spacial score (nSPS) is 19.2. The first-order valence-corrected chi connectivity index (χ1v) is 13.4. The second-order valence-corrected chi connectivity index (χ2v) is 10.1. The summed E-state index contributed by atoms with van der Waals surface area (Å²) >= 11 is 6.08. The van der Waals surface area contributed by atoms with Crippen LogP contribution in [0.4, 0.5) is 5.69 Å². The monoisotopic (exact) mass is 551 g/mol. The molecular formula is C29H34ClN5O4. The summed E-state index contributed by atoms with van der Waals surface area (Å²) in [5.74, 6) is 1.23. The highest BCUT2D eigenvalue weighted by Gasteiger charge is 2.40. The molecule has 3 atom stereocenters. The van der Waals surface area contributed by atoms with E-state index in [0.717, 1.165) is 30.5 Å². The Morgan fingerprint density at radius 1 is 1.18 bits per heavy atom. The lowest BCUT2D eigenvalue weighted by atomic mass is 9.76. The first kappa shape index (κ1) is 28.4. The number of allylic oxidation sites excluding steroid dienone is 2. The van der Waals surface area contributed by atoms with Gasteiger partial charge in [0.2, 0.25) is 5.91 Å². The van der Waals surface area contributed by atoms with Crippen molar-refractivity contribution in [3.63, 3.8) is 0 Å². The number of nitrogens with one attached hydrogen (secondary N) is 1. The number of carbonyl (C=O) groups is 1. The van der Waals surface area contributed by atoms with Crippen LogP contribution in [0.2, 0.25) is 5.02 Å². The van der Waals surface area contributed by atoms with Crippen LogP contribution in [0.1, 0.15) is 48.5 Å². The Bertz CT molecular complexity index is 1310. The molecule has 4 rings (SSSR count). The summed E-state index contributed by atoms with van der Waals surface area (Å²) in [4.78, 5) is 13.3. The van der Waals surface area contributed by atoms with Crippen molar-refractivity contribution in [3.05, 3.63) is 64.2 Å². The zero-order valence-corrected chi connectivity index (χ0v) is 22.9. The van der Waals surface area contributed by atoms with Crippen LogP contribution in [0.25, 0.3) is 0 Å². The Morgan fingerprint density at radius 2 is 1.92 bits per heavy atom. The number of nitrogens with zero attached hydrogens (tertiary/aromatic N) is 3. The summed E-state index contributed by atoms with van der Waals surface area (Å²) in [5.41, 5.74) is 8.59. The fraction of sp³-hybridized carbons (Fsp3) is 0.414. The van der Waals surface area contributed by atoms with E-state index in [1.807, 2.05) is 24.3 Å². The van der Waals surface area contributed by atoms with Crippen molar-refractivity contribution in [2.24, 2.45) is 16.9 Å². The van der Waals surface area contributed by atoms with Gasteiger partial charge in [0, 0.05) is 24.6 Å². The number of aliphatic hydroxyl groups is 1. The number of ether oxygens (including phenoxy) is 2. The van der Waals surface area contributed by atoms with E-state index >= 15 is 0 Å². The van der Waals surface area contributed by atoms with Crippen molar-refractivity contribution < 1.29 is 19.4 Å². The van der Waals surface area contributed by atoms with Crippen LogP contribution >= 0.6 is 11.6 Å². The molecular weight excluding hydrogens is 518 g/mol. The Kier molecular flexibility index (Phi) is 9.46. The number of carbonyl (C=O) groups excluding carboxylic acids is 1. The number of nitrogen functional groups attached to an aromatic ring is 1. The quantitative estimate of drug-likeness (QED) is 0.218. The van der Waals surface area contributed by atoms with E-state index in [1.165, 1.54) is 0 Å². The van der Waals surface area contributed by atoms with Gasteiger partial charge in [0.15, 0.2) is 11.5 Å². The first-order valence-electron chi connectivity index (χ1n) is 13.0. The zero-order chi connectivity index (χ0) is 27.9. The number of rotatable bonds is 11. The lowest BCUT2D eigenvalue weighted by Crippen LogP contribution is -2.45. The molecule has 0 fully saturated rings. The van der Waals surface area contributed by atoms with Crippen LogP contribution in [0.3, 0.4) is 0 Å². The smallest absolute Gasteiger partial charge is 0.246 e. The van der Waals surface area contributed by atoms with Gasteiger partial charge in [0.05, 0.1) is 48.2 Å². The van der Waals surface area contributed by atoms with E-state index < -0.39 is 6.10 Å². The average Bonchev–Trinajstić information content (AvgIpc) is 2.96. The predicted molar refractivity (Wildman–Crippen MR) is 151 cm³/mol. The molecule has 1 heterocycles. The summed E-state index contributed by atoms with van der Waals surface area (Å²) in [7, 11) is 3.21. The molecule has 0 aromatic heterocycles. The number of methoxy groups -OCH3 is 2. The molecule has 1 unspecified atom stereocenters. The Morgan fingerprint density at radius 3 is 2.64 bits per heavy atom. The van der Waals surface area contributed by atoms with Crippen LogP contribution in [-0.4, -0.2) is 55.6 Å². The lowest BCUT2D eigenvalue weighted by molar-refractivity contribution is -0.137. The standard InChI is InChI=1S/C29H34ClN5O4/c1-38-25-10-9-18(15-26(25)39-2)28-21-7-3-4-8-22(21)29(37)35(34-28)12-6-5-11-33-17-24(36)19-13-20(16-31)27(32)23(30)14-19/h3-4,9-10,13-15,21-22,24,33,36H,5-8,11-12,17,32H2,1-2H3/t21-,22+,24?/m1/s1. The molecule has 0 spiro atoms. The Hall–Kier alpha value is -3.58. The fourth-order valence-corrected chi connectivity index (χ4v) is 5.28. The van der Waals surface area contributed by atoms with E-state index in [1.54, 1.807) is 31.4 Å². The molecule has 9 nitrogen and oxygen atoms in total. The number of halogens is 1. The highest BCUT2D eigenvalue weighted by atomic mass is 35.5. The molecule has 0 saturated heterocycles. The number of amides is 1. The number of hydrogen-bond acceptors (Lipinski definition) is 8. The molecule has 1 amide bonds. The van der Waals surface area contributed by atoms with Gasteiger partial charge in [0.25, 0.3) is 0 Å². The van der Waals surface area contributed by atoms with E-state index in [-0.39, 0.29) is 34.0 Å². The number of aliphatic hydroxyl groups excluding tert-OH is 1. The number of unbranched alkanes of at least 4 members (excludes halogenated alkanes) is 1. The molecule has 206 valence electrons. The molecule has 2 aromatic carbocycles. The van der Waals surface area contributed by atoms with E-state index in [0.29, 0.717) is 43.1 Å². The van der Waals surface area contributed by atoms with Gasteiger partial charge >= 0.3 is 0 Å². The second-order valence-electron chi connectivity index (χ2n) is 9.67. The van der Waals surface area contributed by atoms with Gasteiger partial charge in [0.1, 0.15) is 6.07 Å². The molecule has 2 aliphatic rings. The number of nitrogens with two attached hydrogens (primary N) is 1. The van der Waals surface area contributed by atoms with Gasteiger partial charge in [-0.05, 0) is 68.1 Å². The SMILES string of the molecule is COc1ccc(C2=NN(CCCCNCC(O)c3cc(Cl)c(N)c(C#N)c3)C(=O)[C@H]3CC=CC[C@@H]23)cc1OC. The van der Waals surface area contributed by atoms with Gasteiger partial charge in [-0.1, -0.05) is 23.8 Å². The van der Waals surface area contributed by atoms with Crippen LogP contribution in [0.15, 0.2) is 47.6 Å². The van der Waals surface area contributed by atoms with Gasteiger partial charge in [-0.3, -0.25) is 4.79 Å². The van der Waals surface area contributed by atoms with Crippen molar-refractivity contribution in [2.75, 3.05) is 39.6 Å². The Balaban J connectivity index is 1.35. The molecule has 39 heavy (non-hydrogen) atoms. The minimum Gasteiger partial charge on any atom is -0.493 e. The zero-order valence-electron chi connectivity index (χ0n) is 22.2. The summed E-state index contributed by atoms with van der Waals surface area (Å²) in [5, 5.41) is 29.6.